The van der Waals surface area contributed by atoms with Gasteiger partial charge in [0.25, 0.3) is 0 Å². The van der Waals surface area contributed by atoms with E-state index < -0.39 is 30.9 Å². The summed E-state index contributed by atoms with van der Waals surface area (Å²) in [6, 6.07) is 6.38. The monoisotopic (exact) mass is 286 g/mol. The normalized spacial score (nSPS) is 21.2. The molecule has 0 aromatic heterocycles. The predicted octanol–water partition coefficient (Wildman–Crippen LogP) is 3.09. The minimum Gasteiger partial charge on any atom is -0.399 e. The van der Waals surface area contributed by atoms with Gasteiger partial charge in [0.2, 0.25) is 0 Å². The van der Waals surface area contributed by atoms with Gasteiger partial charge < -0.3 is 9.31 Å². The van der Waals surface area contributed by atoms with E-state index in [9.17, 15) is 13.2 Å². The Bertz CT molecular complexity index is 481. The predicted molar refractivity (Wildman–Crippen MR) is 71.9 cm³/mol. The summed E-state index contributed by atoms with van der Waals surface area (Å²) in [6.07, 6.45) is -5.23. The molecule has 0 unspecified atom stereocenters. The Morgan fingerprint density at radius 1 is 1.00 bits per heavy atom. The molecule has 1 saturated heterocycles. The molecule has 110 valence electrons. The number of alkyl halides is 3. The fourth-order valence-corrected chi connectivity index (χ4v) is 2.11. The van der Waals surface area contributed by atoms with Gasteiger partial charge in [-0.2, -0.15) is 13.2 Å². The molecule has 1 aromatic carbocycles. The first kappa shape index (κ1) is 15.4. The topological polar surface area (TPSA) is 18.5 Å². The first-order chi connectivity index (χ1) is 9.02. The van der Waals surface area contributed by atoms with Gasteiger partial charge in [-0.25, -0.2) is 0 Å². The lowest BCUT2D eigenvalue weighted by molar-refractivity contribution is -0.127. The summed E-state index contributed by atoms with van der Waals surface area (Å²) in [6.45, 7) is 7.50. The summed E-state index contributed by atoms with van der Waals surface area (Å²) in [4.78, 5) is 0. The van der Waals surface area contributed by atoms with Crippen molar-refractivity contribution in [2.24, 2.45) is 0 Å². The highest BCUT2D eigenvalue weighted by atomic mass is 19.4. The van der Waals surface area contributed by atoms with E-state index in [2.05, 4.69) is 0 Å². The molecule has 0 spiro atoms. The van der Waals surface area contributed by atoms with Gasteiger partial charge in [-0.3, -0.25) is 0 Å². The van der Waals surface area contributed by atoms with Crippen molar-refractivity contribution in [2.45, 2.75) is 51.5 Å². The lowest BCUT2D eigenvalue weighted by Crippen LogP contribution is -2.41. The summed E-state index contributed by atoms with van der Waals surface area (Å²) >= 11 is 0. The smallest absolute Gasteiger partial charge is 0.399 e. The van der Waals surface area contributed by atoms with Crippen molar-refractivity contribution < 1.29 is 22.5 Å². The highest BCUT2D eigenvalue weighted by Crippen LogP contribution is 2.37. The van der Waals surface area contributed by atoms with E-state index in [1.54, 1.807) is 18.2 Å². The summed E-state index contributed by atoms with van der Waals surface area (Å²) in [5.74, 6) is 0. The van der Waals surface area contributed by atoms with Gasteiger partial charge >= 0.3 is 13.3 Å². The zero-order valence-electron chi connectivity index (χ0n) is 12.0. The molecule has 0 bridgehead atoms. The zero-order chi connectivity index (χ0) is 15.2. The SMILES string of the molecule is CC1(C)OB(c2ccccc2CC(F)(F)F)OC1(C)C. The maximum atomic E-state index is 12.6. The maximum absolute atomic E-state index is 12.6. The van der Waals surface area contributed by atoms with E-state index in [1.165, 1.54) is 6.07 Å². The molecule has 20 heavy (non-hydrogen) atoms. The van der Waals surface area contributed by atoms with Crippen LogP contribution in [0.25, 0.3) is 0 Å². The molecule has 0 amide bonds. The molecule has 0 radical (unpaired) electrons. The average Bonchev–Trinajstić information content (AvgIpc) is 2.46. The molecule has 1 fully saturated rings. The van der Waals surface area contributed by atoms with E-state index in [0.717, 1.165) is 0 Å². The molecular formula is C14H18BF3O2. The Kier molecular flexibility index (Phi) is 3.67. The average molecular weight is 286 g/mol. The van der Waals surface area contributed by atoms with Crippen LogP contribution in [0, 0.1) is 0 Å². The van der Waals surface area contributed by atoms with E-state index in [-0.39, 0.29) is 5.56 Å². The summed E-state index contributed by atoms with van der Waals surface area (Å²) < 4.78 is 49.5. The van der Waals surface area contributed by atoms with E-state index in [0.29, 0.717) is 5.46 Å². The molecule has 0 aliphatic carbocycles. The molecule has 0 atom stereocenters. The van der Waals surface area contributed by atoms with Crippen LogP contribution in [0.3, 0.4) is 0 Å². The number of hydrogen-bond acceptors (Lipinski definition) is 2. The van der Waals surface area contributed by atoms with Crippen LogP contribution in [0.15, 0.2) is 24.3 Å². The van der Waals surface area contributed by atoms with Gasteiger partial charge in [0.05, 0.1) is 17.6 Å². The summed E-state index contributed by atoms with van der Waals surface area (Å²) in [7, 11) is -0.765. The Labute approximate surface area is 117 Å². The minimum atomic E-state index is -4.25. The Morgan fingerprint density at radius 3 is 2.00 bits per heavy atom. The molecule has 6 heteroatoms. The van der Waals surface area contributed by atoms with Crippen LogP contribution in [-0.4, -0.2) is 24.5 Å². The van der Waals surface area contributed by atoms with Gasteiger partial charge in [-0.1, -0.05) is 24.3 Å². The highest BCUT2D eigenvalue weighted by molar-refractivity contribution is 6.62. The molecule has 1 heterocycles. The van der Waals surface area contributed by atoms with Gasteiger partial charge in [0.1, 0.15) is 0 Å². The minimum absolute atomic E-state index is 0.193. The molecule has 0 N–H and O–H groups in total. The van der Waals surface area contributed by atoms with Gasteiger partial charge in [-0.15, -0.1) is 0 Å². The van der Waals surface area contributed by atoms with Crippen molar-refractivity contribution in [3.8, 4) is 0 Å². The van der Waals surface area contributed by atoms with Crippen LogP contribution < -0.4 is 5.46 Å². The van der Waals surface area contributed by atoms with Gasteiger partial charge in [0.15, 0.2) is 0 Å². The van der Waals surface area contributed by atoms with Gasteiger partial charge in [-0.05, 0) is 38.7 Å². The quantitative estimate of drug-likeness (QED) is 0.778. The zero-order valence-corrected chi connectivity index (χ0v) is 12.0. The van der Waals surface area contributed by atoms with Crippen molar-refractivity contribution in [1.29, 1.82) is 0 Å². The molecule has 1 aromatic rings. The van der Waals surface area contributed by atoms with Gasteiger partial charge in [0, 0.05) is 0 Å². The Hall–Kier alpha value is -1.01. The highest BCUT2D eigenvalue weighted by Gasteiger charge is 2.52. The van der Waals surface area contributed by atoms with Crippen molar-refractivity contribution in [2.75, 3.05) is 0 Å². The Morgan fingerprint density at radius 2 is 1.50 bits per heavy atom. The van der Waals surface area contributed by atoms with Crippen LogP contribution in [0.1, 0.15) is 33.3 Å². The fraction of sp³-hybridized carbons (Fsp3) is 0.571. The number of hydrogen-bond donors (Lipinski definition) is 0. The molecule has 0 saturated carbocycles. The van der Waals surface area contributed by atoms with E-state index in [4.69, 9.17) is 9.31 Å². The standard InChI is InChI=1S/C14H18BF3O2/c1-12(2)13(3,4)20-15(19-12)11-8-6-5-7-10(11)9-14(16,17)18/h5-8H,9H2,1-4H3. The first-order valence-corrected chi connectivity index (χ1v) is 6.52. The van der Waals surface area contributed by atoms with Crippen LogP contribution in [0.4, 0.5) is 13.2 Å². The van der Waals surface area contributed by atoms with Crippen molar-refractivity contribution in [3.05, 3.63) is 29.8 Å². The largest absolute Gasteiger partial charge is 0.495 e. The molecule has 1 aliphatic heterocycles. The fourth-order valence-electron chi connectivity index (χ4n) is 2.11. The molecular weight excluding hydrogens is 268 g/mol. The second-order valence-corrected chi connectivity index (χ2v) is 6.08. The number of halogens is 3. The third-order valence-corrected chi connectivity index (χ3v) is 3.95. The lowest BCUT2D eigenvalue weighted by atomic mass is 9.75. The van der Waals surface area contributed by atoms with Crippen molar-refractivity contribution in [1.82, 2.24) is 0 Å². The first-order valence-electron chi connectivity index (χ1n) is 6.52. The van der Waals surface area contributed by atoms with Crippen LogP contribution in [0.5, 0.6) is 0 Å². The van der Waals surface area contributed by atoms with E-state index >= 15 is 0 Å². The Balaban J connectivity index is 2.31. The second-order valence-electron chi connectivity index (χ2n) is 6.08. The second kappa shape index (κ2) is 4.77. The van der Waals surface area contributed by atoms with Crippen LogP contribution in [-0.2, 0) is 15.7 Å². The van der Waals surface area contributed by atoms with Crippen molar-refractivity contribution >= 4 is 12.6 Å². The van der Waals surface area contributed by atoms with E-state index in [1.807, 2.05) is 27.7 Å². The number of rotatable bonds is 2. The summed E-state index contributed by atoms with van der Waals surface area (Å²) in [5, 5.41) is 0. The van der Waals surface area contributed by atoms with Crippen LogP contribution >= 0.6 is 0 Å². The third-order valence-electron chi connectivity index (χ3n) is 3.95. The lowest BCUT2D eigenvalue weighted by Gasteiger charge is -2.32. The van der Waals surface area contributed by atoms with Crippen LogP contribution in [0.2, 0.25) is 0 Å². The third kappa shape index (κ3) is 3.01. The number of benzene rings is 1. The molecule has 2 rings (SSSR count). The van der Waals surface area contributed by atoms with Crippen molar-refractivity contribution in [3.63, 3.8) is 0 Å². The maximum Gasteiger partial charge on any atom is 0.495 e. The molecule has 2 nitrogen and oxygen atoms in total. The summed E-state index contributed by atoms with van der Waals surface area (Å²) in [5.41, 5.74) is -0.492. The molecule has 1 aliphatic rings.